The maximum Gasteiger partial charge on any atom is 0.310 e. The Morgan fingerprint density at radius 1 is 1.47 bits per heavy atom. The van der Waals surface area contributed by atoms with Crippen LogP contribution in [0.15, 0.2) is 24.3 Å². The molecule has 0 radical (unpaired) electrons. The molecule has 94 valence electrons. The summed E-state index contributed by atoms with van der Waals surface area (Å²) >= 11 is 0. The lowest BCUT2D eigenvalue weighted by atomic mass is 9.90. The van der Waals surface area contributed by atoms with E-state index >= 15 is 0 Å². The van der Waals surface area contributed by atoms with Gasteiger partial charge in [-0.05, 0) is 44.4 Å². The van der Waals surface area contributed by atoms with Crippen molar-refractivity contribution in [3.05, 3.63) is 35.6 Å². The van der Waals surface area contributed by atoms with Gasteiger partial charge in [0.15, 0.2) is 0 Å². The van der Waals surface area contributed by atoms with Crippen molar-refractivity contribution in [1.29, 1.82) is 0 Å². The Bertz CT molecular complexity index is 396. The highest BCUT2D eigenvalue weighted by molar-refractivity contribution is 5.76. The van der Waals surface area contributed by atoms with Crippen molar-refractivity contribution in [2.24, 2.45) is 0 Å². The number of aliphatic carboxylic acids is 1. The molecular weight excluding hydrogens is 223 g/mol. The van der Waals surface area contributed by atoms with E-state index in [1.165, 1.54) is 18.2 Å². The fourth-order valence-electron chi connectivity index (χ4n) is 1.65. The molecule has 0 saturated heterocycles. The van der Waals surface area contributed by atoms with E-state index in [0.717, 1.165) is 0 Å². The van der Waals surface area contributed by atoms with Crippen molar-refractivity contribution < 1.29 is 19.4 Å². The molecule has 1 aromatic carbocycles. The van der Waals surface area contributed by atoms with Gasteiger partial charge in [0.05, 0.1) is 11.5 Å². The van der Waals surface area contributed by atoms with Gasteiger partial charge in [-0.3, -0.25) is 4.79 Å². The van der Waals surface area contributed by atoms with Gasteiger partial charge in [-0.15, -0.1) is 0 Å². The SMILES string of the molecule is CC(C)(O)CCC(C(=O)O)c1cccc(F)c1. The van der Waals surface area contributed by atoms with Crippen molar-refractivity contribution in [2.45, 2.75) is 38.2 Å². The normalized spacial score (nSPS) is 13.4. The van der Waals surface area contributed by atoms with E-state index in [9.17, 15) is 14.3 Å². The average Bonchev–Trinajstić information content (AvgIpc) is 2.15. The highest BCUT2D eigenvalue weighted by Crippen LogP contribution is 2.25. The van der Waals surface area contributed by atoms with Gasteiger partial charge in [-0.1, -0.05) is 12.1 Å². The molecule has 0 aliphatic heterocycles. The van der Waals surface area contributed by atoms with Crippen LogP contribution in [0.1, 0.15) is 38.2 Å². The number of carbonyl (C=O) groups is 1. The molecule has 17 heavy (non-hydrogen) atoms. The summed E-state index contributed by atoms with van der Waals surface area (Å²) in [5.74, 6) is -2.23. The Kier molecular flexibility index (Phi) is 4.23. The van der Waals surface area contributed by atoms with Crippen LogP contribution in [-0.4, -0.2) is 21.8 Å². The molecule has 0 fully saturated rings. The predicted octanol–water partition coefficient (Wildman–Crippen LogP) is 2.55. The summed E-state index contributed by atoms with van der Waals surface area (Å²) in [7, 11) is 0. The van der Waals surface area contributed by atoms with Gasteiger partial charge in [0.1, 0.15) is 5.82 Å². The number of hydrogen-bond acceptors (Lipinski definition) is 2. The topological polar surface area (TPSA) is 57.5 Å². The molecule has 4 heteroatoms. The Morgan fingerprint density at radius 2 is 2.12 bits per heavy atom. The van der Waals surface area contributed by atoms with Crippen molar-refractivity contribution in [2.75, 3.05) is 0 Å². The lowest BCUT2D eigenvalue weighted by molar-refractivity contribution is -0.139. The number of benzene rings is 1. The van der Waals surface area contributed by atoms with E-state index in [-0.39, 0.29) is 6.42 Å². The van der Waals surface area contributed by atoms with Crippen molar-refractivity contribution in [3.8, 4) is 0 Å². The summed E-state index contributed by atoms with van der Waals surface area (Å²) in [6, 6.07) is 5.58. The van der Waals surface area contributed by atoms with Crippen molar-refractivity contribution >= 4 is 5.97 Å². The Hall–Kier alpha value is -1.42. The van der Waals surface area contributed by atoms with Crippen LogP contribution in [0.2, 0.25) is 0 Å². The van der Waals surface area contributed by atoms with Crippen LogP contribution >= 0.6 is 0 Å². The number of rotatable bonds is 5. The zero-order chi connectivity index (χ0) is 13.1. The molecule has 0 saturated carbocycles. The standard InChI is InChI=1S/C13H17FO3/c1-13(2,17)7-6-11(12(15)16)9-4-3-5-10(14)8-9/h3-5,8,11,17H,6-7H2,1-2H3,(H,15,16). The molecule has 1 unspecified atom stereocenters. The number of carboxylic acid groups (broad SMARTS) is 1. The Balaban J connectivity index is 2.83. The van der Waals surface area contributed by atoms with E-state index < -0.39 is 23.3 Å². The van der Waals surface area contributed by atoms with Gasteiger partial charge < -0.3 is 10.2 Å². The maximum absolute atomic E-state index is 13.0. The van der Waals surface area contributed by atoms with Crippen LogP contribution < -0.4 is 0 Å². The highest BCUT2D eigenvalue weighted by atomic mass is 19.1. The third kappa shape index (κ3) is 4.53. The minimum Gasteiger partial charge on any atom is -0.481 e. The third-order valence-electron chi connectivity index (χ3n) is 2.59. The second kappa shape index (κ2) is 5.27. The van der Waals surface area contributed by atoms with Crippen LogP contribution in [0, 0.1) is 5.82 Å². The number of hydrogen-bond donors (Lipinski definition) is 2. The quantitative estimate of drug-likeness (QED) is 0.831. The van der Waals surface area contributed by atoms with Crippen LogP contribution in [0.3, 0.4) is 0 Å². The van der Waals surface area contributed by atoms with Crippen molar-refractivity contribution in [3.63, 3.8) is 0 Å². The smallest absolute Gasteiger partial charge is 0.310 e. The molecule has 0 amide bonds. The first-order valence-electron chi connectivity index (χ1n) is 5.50. The predicted molar refractivity (Wildman–Crippen MR) is 62.3 cm³/mol. The summed E-state index contributed by atoms with van der Waals surface area (Å²) in [5.41, 5.74) is -0.483. The molecule has 1 rings (SSSR count). The lowest BCUT2D eigenvalue weighted by Crippen LogP contribution is -2.22. The minimum atomic E-state index is -1.00. The molecule has 2 N–H and O–H groups in total. The summed E-state index contributed by atoms with van der Waals surface area (Å²) in [6.07, 6.45) is 0.628. The second-order valence-electron chi connectivity index (χ2n) is 4.80. The van der Waals surface area contributed by atoms with Gasteiger partial charge >= 0.3 is 5.97 Å². The number of aliphatic hydroxyl groups is 1. The molecule has 1 atom stereocenters. The van der Waals surface area contributed by atoms with E-state index in [4.69, 9.17) is 5.11 Å². The van der Waals surface area contributed by atoms with Crippen LogP contribution in [0.25, 0.3) is 0 Å². The Morgan fingerprint density at radius 3 is 2.59 bits per heavy atom. The van der Waals surface area contributed by atoms with Crippen LogP contribution in [0.5, 0.6) is 0 Å². The van der Waals surface area contributed by atoms with E-state index in [2.05, 4.69) is 0 Å². The van der Waals surface area contributed by atoms with E-state index in [0.29, 0.717) is 12.0 Å². The minimum absolute atomic E-state index is 0.280. The van der Waals surface area contributed by atoms with Crippen molar-refractivity contribution in [1.82, 2.24) is 0 Å². The highest BCUT2D eigenvalue weighted by Gasteiger charge is 2.23. The van der Waals surface area contributed by atoms with Gasteiger partial charge in [0.25, 0.3) is 0 Å². The lowest BCUT2D eigenvalue weighted by Gasteiger charge is -2.20. The van der Waals surface area contributed by atoms with Crippen LogP contribution in [-0.2, 0) is 4.79 Å². The first kappa shape index (κ1) is 13.6. The molecule has 0 aliphatic carbocycles. The van der Waals surface area contributed by atoms with E-state index in [1.54, 1.807) is 19.9 Å². The summed E-state index contributed by atoms with van der Waals surface area (Å²) in [5, 5.41) is 18.7. The summed E-state index contributed by atoms with van der Waals surface area (Å²) in [4.78, 5) is 11.1. The zero-order valence-corrected chi connectivity index (χ0v) is 9.98. The fraction of sp³-hybridized carbons (Fsp3) is 0.462. The molecule has 0 heterocycles. The van der Waals surface area contributed by atoms with Gasteiger partial charge in [0.2, 0.25) is 0 Å². The summed E-state index contributed by atoms with van der Waals surface area (Å²) < 4.78 is 13.0. The van der Waals surface area contributed by atoms with Gasteiger partial charge in [0, 0.05) is 0 Å². The van der Waals surface area contributed by atoms with Crippen LogP contribution in [0.4, 0.5) is 4.39 Å². The molecule has 1 aromatic rings. The Labute approximate surface area is 99.9 Å². The summed E-state index contributed by atoms with van der Waals surface area (Å²) in [6.45, 7) is 3.25. The molecule has 3 nitrogen and oxygen atoms in total. The number of halogens is 1. The molecular formula is C13H17FO3. The maximum atomic E-state index is 13.0. The first-order chi connectivity index (χ1) is 7.79. The average molecular weight is 240 g/mol. The van der Waals surface area contributed by atoms with E-state index in [1.807, 2.05) is 0 Å². The molecule has 0 aromatic heterocycles. The molecule has 0 bridgehead atoms. The molecule has 0 aliphatic rings. The molecule has 0 spiro atoms. The largest absolute Gasteiger partial charge is 0.481 e. The third-order valence-corrected chi connectivity index (χ3v) is 2.59. The van der Waals surface area contributed by atoms with Gasteiger partial charge in [-0.2, -0.15) is 0 Å². The monoisotopic (exact) mass is 240 g/mol. The second-order valence-corrected chi connectivity index (χ2v) is 4.80. The number of carboxylic acids is 1. The van der Waals surface area contributed by atoms with Gasteiger partial charge in [-0.25, -0.2) is 4.39 Å². The fourth-order valence-corrected chi connectivity index (χ4v) is 1.65. The first-order valence-corrected chi connectivity index (χ1v) is 5.50. The zero-order valence-electron chi connectivity index (χ0n) is 9.98.